The maximum absolute atomic E-state index is 11.6. The van der Waals surface area contributed by atoms with Gasteiger partial charge in [0.1, 0.15) is 10.6 Å². The van der Waals surface area contributed by atoms with Gasteiger partial charge in [0.05, 0.1) is 11.9 Å². The first-order valence-electron chi connectivity index (χ1n) is 6.19. The van der Waals surface area contributed by atoms with Crippen LogP contribution in [0.1, 0.15) is 17.7 Å². The molecule has 0 spiro atoms. The molecule has 2 heterocycles. The minimum Gasteiger partial charge on any atom is -0.368 e. The lowest BCUT2D eigenvalue weighted by molar-refractivity contribution is -0.119. The van der Waals surface area contributed by atoms with Crippen molar-refractivity contribution in [3.8, 4) is 0 Å². The van der Waals surface area contributed by atoms with Crippen LogP contribution in [-0.4, -0.2) is 28.5 Å². The van der Waals surface area contributed by atoms with Crippen LogP contribution in [-0.2, 0) is 4.79 Å². The molecule has 0 unspecified atom stereocenters. The maximum Gasteiger partial charge on any atom is 0.239 e. The Morgan fingerprint density at radius 2 is 2.32 bits per heavy atom. The van der Waals surface area contributed by atoms with Crippen molar-refractivity contribution in [1.29, 1.82) is 0 Å². The molecule has 2 aromatic heterocycles. The van der Waals surface area contributed by atoms with Gasteiger partial charge in [-0.2, -0.15) is 4.98 Å². The Labute approximate surface area is 114 Å². The molecule has 1 fully saturated rings. The molecular weight excluding hydrogens is 262 g/mol. The Kier molecular flexibility index (Phi) is 2.98. The fourth-order valence-corrected chi connectivity index (χ4v) is 2.75. The van der Waals surface area contributed by atoms with Crippen LogP contribution in [0.25, 0.3) is 10.2 Å². The van der Waals surface area contributed by atoms with E-state index >= 15 is 0 Å². The van der Waals surface area contributed by atoms with Gasteiger partial charge in [-0.3, -0.25) is 4.79 Å². The lowest BCUT2D eigenvalue weighted by Crippen LogP contribution is -2.31. The van der Waals surface area contributed by atoms with Gasteiger partial charge in [-0.05, 0) is 25.8 Å². The zero-order valence-electron chi connectivity index (χ0n) is 10.6. The van der Waals surface area contributed by atoms with Crippen molar-refractivity contribution in [3.63, 3.8) is 0 Å². The number of anilines is 2. The Morgan fingerprint density at radius 1 is 1.53 bits per heavy atom. The second-order valence-electron chi connectivity index (χ2n) is 4.70. The molecule has 100 valence electrons. The molecule has 0 aliphatic heterocycles. The smallest absolute Gasteiger partial charge is 0.239 e. The van der Waals surface area contributed by atoms with E-state index in [9.17, 15) is 4.79 Å². The molecule has 0 bridgehead atoms. The highest BCUT2D eigenvalue weighted by atomic mass is 32.1. The number of carbonyl (C=O) groups excluding carboxylic acids is 1. The number of nitrogen functional groups attached to an aromatic ring is 1. The maximum atomic E-state index is 11.6. The van der Waals surface area contributed by atoms with Crippen molar-refractivity contribution >= 4 is 39.2 Å². The highest BCUT2D eigenvalue weighted by Gasteiger charge is 2.23. The largest absolute Gasteiger partial charge is 0.368 e. The van der Waals surface area contributed by atoms with Crippen molar-refractivity contribution in [2.45, 2.75) is 25.8 Å². The molecule has 0 radical (unpaired) electrons. The fourth-order valence-electron chi connectivity index (χ4n) is 1.86. The second kappa shape index (κ2) is 4.65. The summed E-state index contributed by atoms with van der Waals surface area (Å²) in [4.78, 5) is 22.0. The van der Waals surface area contributed by atoms with E-state index in [0.717, 1.165) is 27.9 Å². The van der Waals surface area contributed by atoms with Gasteiger partial charge in [0, 0.05) is 10.9 Å². The molecule has 1 amide bonds. The molecule has 7 heteroatoms. The summed E-state index contributed by atoms with van der Waals surface area (Å²) >= 11 is 1.56. The van der Waals surface area contributed by atoms with Crippen LogP contribution in [0.2, 0.25) is 0 Å². The first kappa shape index (κ1) is 12.2. The van der Waals surface area contributed by atoms with E-state index in [1.165, 1.54) is 0 Å². The predicted octanol–water partition coefficient (Wildman–Crippen LogP) is 1.27. The van der Waals surface area contributed by atoms with Crippen molar-refractivity contribution in [1.82, 2.24) is 15.3 Å². The van der Waals surface area contributed by atoms with Gasteiger partial charge in [-0.1, -0.05) is 0 Å². The number of hydrogen-bond donors (Lipinski definition) is 3. The lowest BCUT2D eigenvalue weighted by atomic mass is 10.3. The Morgan fingerprint density at radius 3 is 3.05 bits per heavy atom. The number of aromatic nitrogens is 2. The summed E-state index contributed by atoms with van der Waals surface area (Å²) in [5, 5.41) is 6.87. The number of hydrogen-bond acceptors (Lipinski definition) is 6. The van der Waals surface area contributed by atoms with Crippen LogP contribution in [0.5, 0.6) is 0 Å². The number of nitrogens with one attached hydrogen (secondary N) is 2. The lowest BCUT2D eigenvalue weighted by Gasteiger charge is -2.07. The standard InChI is InChI=1S/C12H15N5OS/c1-6-4-8-10(16-12(13)17-11(8)19-6)14-5-9(18)15-7-2-3-7/h4,7H,2-3,5H2,1H3,(H,15,18)(H3,13,14,16,17). The molecule has 3 rings (SSSR count). The van der Waals surface area contributed by atoms with Crippen LogP contribution in [0.3, 0.4) is 0 Å². The number of aryl methyl sites for hydroxylation is 1. The number of nitrogens with zero attached hydrogens (tertiary/aromatic N) is 2. The van der Waals surface area contributed by atoms with Crippen LogP contribution < -0.4 is 16.4 Å². The SMILES string of the molecule is Cc1cc2c(NCC(=O)NC3CC3)nc(N)nc2s1. The normalized spacial score (nSPS) is 14.6. The summed E-state index contributed by atoms with van der Waals surface area (Å²) in [6.45, 7) is 2.21. The van der Waals surface area contributed by atoms with Crippen molar-refractivity contribution in [2.24, 2.45) is 0 Å². The Balaban J connectivity index is 1.77. The van der Waals surface area contributed by atoms with Crippen molar-refractivity contribution in [3.05, 3.63) is 10.9 Å². The third kappa shape index (κ3) is 2.76. The van der Waals surface area contributed by atoms with Gasteiger partial charge >= 0.3 is 0 Å². The molecule has 19 heavy (non-hydrogen) atoms. The molecule has 1 aliphatic carbocycles. The van der Waals surface area contributed by atoms with E-state index in [2.05, 4.69) is 20.6 Å². The molecule has 1 aliphatic rings. The third-order valence-corrected chi connectivity index (χ3v) is 3.84. The van der Waals surface area contributed by atoms with Gasteiger partial charge in [0.25, 0.3) is 0 Å². The van der Waals surface area contributed by atoms with E-state index in [0.29, 0.717) is 11.9 Å². The zero-order chi connectivity index (χ0) is 13.4. The summed E-state index contributed by atoms with van der Waals surface area (Å²) in [5.74, 6) is 0.831. The minimum atomic E-state index is -0.0141. The summed E-state index contributed by atoms with van der Waals surface area (Å²) < 4.78 is 0. The third-order valence-electron chi connectivity index (χ3n) is 2.89. The van der Waals surface area contributed by atoms with E-state index < -0.39 is 0 Å². The van der Waals surface area contributed by atoms with Crippen LogP contribution in [0.15, 0.2) is 6.07 Å². The van der Waals surface area contributed by atoms with E-state index in [4.69, 9.17) is 5.73 Å². The quantitative estimate of drug-likeness (QED) is 0.782. The van der Waals surface area contributed by atoms with E-state index in [-0.39, 0.29) is 18.4 Å². The van der Waals surface area contributed by atoms with E-state index in [1.807, 2.05) is 13.0 Å². The van der Waals surface area contributed by atoms with Crippen molar-refractivity contribution < 1.29 is 4.79 Å². The number of amides is 1. The number of thiophene rings is 1. The Bertz CT molecular complexity index is 634. The van der Waals surface area contributed by atoms with Gasteiger partial charge in [0.2, 0.25) is 11.9 Å². The zero-order valence-corrected chi connectivity index (χ0v) is 11.4. The topological polar surface area (TPSA) is 92.9 Å². The molecule has 2 aromatic rings. The molecule has 6 nitrogen and oxygen atoms in total. The van der Waals surface area contributed by atoms with Crippen LogP contribution in [0.4, 0.5) is 11.8 Å². The molecule has 4 N–H and O–H groups in total. The number of rotatable bonds is 4. The molecule has 0 atom stereocenters. The highest BCUT2D eigenvalue weighted by Crippen LogP contribution is 2.28. The second-order valence-corrected chi connectivity index (χ2v) is 5.94. The first-order chi connectivity index (χ1) is 9.11. The molecule has 0 aromatic carbocycles. The number of fused-ring (bicyclic) bond motifs is 1. The summed E-state index contributed by atoms with van der Waals surface area (Å²) in [6.07, 6.45) is 2.17. The number of nitrogens with two attached hydrogens (primary N) is 1. The van der Waals surface area contributed by atoms with Gasteiger partial charge < -0.3 is 16.4 Å². The summed E-state index contributed by atoms with van der Waals surface area (Å²) in [7, 11) is 0. The number of carbonyl (C=O) groups is 1. The average molecular weight is 277 g/mol. The fraction of sp³-hybridized carbons (Fsp3) is 0.417. The molecular formula is C12H15N5OS. The highest BCUT2D eigenvalue weighted by molar-refractivity contribution is 7.18. The van der Waals surface area contributed by atoms with Gasteiger partial charge in [-0.15, -0.1) is 11.3 Å². The predicted molar refractivity (Wildman–Crippen MR) is 76.2 cm³/mol. The molecule has 1 saturated carbocycles. The summed E-state index contributed by atoms with van der Waals surface area (Å²) in [6, 6.07) is 2.37. The Hall–Kier alpha value is -1.89. The van der Waals surface area contributed by atoms with Gasteiger partial charge in [0.15, 0.2) is 0 Å². The average Bonchev–Trinajstić information content (AvgIpc) is 3.06. The minimum absolute atomic E-state index is 0.0141. The molecule has 0 saturated heterocycles. The van der Waals surface area contributed by atoms with Crippen LogP contribution >= 0.6 is 11.3 Å². The van der Waals surface area contributed by atoms with Crippen molar-refractivity contribution in [2.75, 3.05) is 17.6 Å². The van der Waals surface area contributed by atoms with Crippen LogP contribution in [0, 0.1) is 6.92 Å². The van der Waals surface area contributed by atoms with Gasteiger partial charge in [-0.25, -0.2) is 4.98 Å². The first-order valence-corrected chi connectivity index (χ1v) is 7.00. The van der Waals surface area contributed by atoms with E-state index in [1.54, 1.807) is 11.3 Å². The monoisotopic (exact) mass is 277 g/mol. The summed E-state index contributed by atoms with van der Waals surface area (Å²) in [5.41, 5.74) is 5.67.